The molecule has 0 saturated carbocycles. The lowest BCUT2D eigenvalue weighted by Crippen LogP contribution is -2.23. The van der Waals surface area contributed by atoms with Gasteiger partial charge in [0.1, 0.15) is 5.82 Å². The third-order valence-corrected chi connectivity index (χ3v) is 4.20. The fraction of sp³-hybridized carbons (Fsp3) is 0.182. The zero-order chi connectivity index (χ0) is 19.8. The van der Waals surface area contributed by atoms with Crippen molar-refractivity contribution in [1.82, 2.24) is 15.3 Å². The fourth-order valence-corrected chi connectivity index (χ4v) is 2.74. The second kappa shape index (κ2) is 9.41. The molecule has 0 aliphatic rings. The Kier molecular flexibility index (Phi) is 6.46. The minimum Gasteiger partial charge on any atom is -0.493 e. The molecule has 0 saturated heterocycles. The van der Waals surface area contributed by atoms with E-state index in [1.165, 1.54) is 6.08 Å². The lowest BCUT2D eigenvalue weighted by atomic mass is 10.2. The van der Waals surface area contributed by atoms with Crippen molar-refractivity contribution < 1.29 is 14.3 Å². The van der Waals surface area contributed by atoms with Crippen molar-refractivity contribution in [1.29, 1.82) is 0 Å². The number of hydrogen-bond acceptors (Lipinski definition) is 4. The van der Waals surface area contributed by atoms with Crippen molar-refractivity contribution >= 4 is 12.0 Å². The Hall–Kier alpha value is -3.54. The molecule has 0 spiro atoms. The minimum absolute atomic E-state index is 0.155. The van der Waals surface area contributed by atoms with Gasteiger partial charge in [0.15, 0.2) is 11.5 Å². The number of carbonyl (C=O) groups is 1. The Bertz CT molecular complexity index is 949. The van der Waals surface area contributed by atoms with Crippen molar-refractivity contribution in [3.05, 3.63) is 72.1 Å². The molecule has 0 atom stereocenters. The number of benzene rings is 2. The van der Waals surface area contributed by atoms with Crippen LogP contribution in [0.25, 0.3) is 17.5 Å². The van der Waals surface area contributed by atoms with Crippen LogP contribution in [0.3, 0.4) is 0 Å². The standard InChI is InChI=1S/C22H23N3O3/c1-27-19-10-8-16(14-20(19)28-2)9-11-21(26)23-13-12-18-15-24-22(25-18)17-6-4-3-5-7-17/h3-11,14-15H,12-13H2,1-2H3,(H,23,26)(H,24,25). The summed E-state index contributed by atoms with van der Waals surface area (Å²) in [5.41, 5.74) is 2.87. The average Bonchev–Trinajstić information content (AvgIpc) is 3.21. The molecule has 1 amide bonds. The summed E-state index contributed by atoms with van der Waals surface area (Å²) >= 11 is 0. The third-order valence-electron chi connectivity index (χ3n) is 4.20. The molecule has 144 valence electrons. The van der Waals surface area contributed by atoms with Gasteiger partial charge in [0, 0.05) is 36.5 Å². The maximum absolute atomic E-state index is 12.0. The highest BCUT2D eigenvalue weighted by Crippen LogP contribution is 2.27. The number of methoxy groups -OCH3 is 2. The molecule has 0 bridgehead atoms. The number of amides is 1. The number of aromatic amines is 1. The summed E-state index contributed by atoms with van der Waals surface area (Å²) in [6.45, 7) is 0.519. The minimum atomic E-state index is -0.155. The SMILES string of the molecule is COc1ccc(C=CC(=O)NCCc2cnc(-c3ccccc3)[nH]2)cc1OC. The van der Waals surface area contributed by atoms with Crippen molar-refractivity contribution in [3.63, 3.8) is 0 Å². The molecule has 6 nitrogen and oxygen atoms in total. The van der Waals surface area contributed by atoms with Gasteiger partial charge in [0.2, 0.25) is 5.91 Å². The lowest BCUT2D eigenvalue weighted by Gasteiger charge is -2.07. The summed E-state index contributed by atoms with van der Waals surface area (Å²) in [5, 5.41) is 2.87. The summed E-state index contributed by atoms with van der Waals surface area (Å²) in [6.07, 6.45) is 5.72. The van der Waals surface area contributed by atoms with Gasteiger partial charge in [0.05, 0.1) is 14.2 Å². The van der Waals surface area contributed by atoms with E-state index in [4.69, 9.17) is 9.47 Å². The Balaban J connectivity index is 1.50. The van der Waals surface area contributed by atoms with E-state index in [0.29, 0.717) is 24.5 Å². The first kappa shape index (κ1) is 19.2. The molecule has 0 radical (unpaired) electrons. The molecule has 28 heavy (non-hydrogen) atoms. The smallest absolute Gasteiger partial charge is 0.244 e. The van der Waals surface area contributed by atoms with Crippen LogP contribution in [0.1, 0.15) is 11.3 Å². The quantitative estimate of drug-likeness (QED) is 0.590. The fourth-order valence-electron chi connectivity index (χ4n) is 2.74. The highest BCUT2D eigenvalue weighted by Gasteiger charge is 2.05. The molecule has 0 fully saturated rings. The summed E-state index contributed by atoms with van der Waals surface area (Å²) in [4.78, 5) is 19.7. The Labute approximate surface area is 164 Å². The molecule has 3 aromatic rings. The normalized spacial score (nSPS) is 10.8. The zero-order valence-electron chi connectivity index (χ0n) is 15.9. The molecule has 1 heterocycles. The molecule has 3 rings (SSSR count). The summed E-state index contributed by atoms with van der Waals surface area (Å²) in [5.74, 6) is 1.95. The molecule has 0 aliphatic carbocycles. The van der Waals surface area contributed by atoms with Crippen LogP contribution >= 0.6 is 0 Å². The molecule has 2 N–H and O–H groups in total. The van der Waals surface area contributed by atoms with Gasteiger partial charge in [-0.25, -0.2) is 4.98 Å². The summed E-state index contributed by atoms with van der Waals surface area (Å²) in [6, 6.07) is 15.4. The monoisotopic (exact) mass is 377 g/mol. The van der Waals surface area contributed by atoms with E-state index in [0.717, 1.165) is 22.6 Å². The largest absolute Gasteiger partial charge is 0.493 e. The molecular formula is C22H23N3O3. The highest BCUT2D eigenvalue weighted by atomic mass is 16.5. The van der Waals surface area contributed by atoms with Gasteiger partial charge >= 0.3 is 0 Å². The number of nitrogens with one attached hydrogen (secondary N) is 2. The van der Waals surface area contributed by atoms with Crippen LogP contribution in [-0.4, -0.2) is 36.6 Å². The third kappa shape index (κ3) is 5.01. The Morgan fingerprint density at radius 2 is 1.89 bits per heavy atom. The van der Waals surface area contributed by atoms with Gasteiger partial charge in [-0.2, -0.15) is 0 Å². The number of rotatable bonds is 8. The predicted molar refractivity (Wildman–Crippen MR) is 109 cm³/mol. The average molecular weight is 377 g/mol. The van der Waals surface area contributed by atoms with E-state index in [-0.39, 0.29) is 5.91 Å². The second-order valence-electron chi connectivity index (χ2n) is 6.11. The van der Waals surface area contributed by atoms with E-state index in [1.807, 2.05) is 42.5 Å². The van der Waals surface area contributed by atoms with Crippen molar-refractivity contribution in [3.8, 4) is 22.9 Å². The highest BCUT2D eigenvalue weighted by molar-refractivity contribution is 5.91. The van der Waals surface area contributed by atoms with Crippen LogP contribution < -0.4 is 14.8 Å². The van der Waals surface area contributed by atoms with Crippen LogP contribution in [-0.2, 0) is 11.2 Å². The van der Waals surface area contributed by atoms with Gasteiger partial charge in [-0.1, -0.05) is 36.4 Å². The summed E-state index contributed by atoms with van der Waals surface area (Å²) in [7, 11) is 3.17. The first-order valence-electron chi connectivity index (χ1n) is 8.97. The maximum Gasteiger partial charge on any atom is 0.244 e. The first-order valence-corrected chi connectivity index (χ1v) is 8.97. The van der Waals surface area contributed by atoms with E-state index in [1.54, 1.807) is 32.6 Å². The predicted octanol–water partition coefficient (Wildman–Crippen LogP) is 3.47. The molecule has 1 aromatic heterocycles. The number of aromatic nitrogens is 2. The van der Waals surface area contributed by atoms with Crippen LogP contribution in [0.5, 0.6) is 11.5 Å². The van der Waals surface area contributed by atoms with Gasteiger partial charge < -0.3 is 19.8 Å². The van der Waals surface area contributed by atoms with Gasteiger partial charge in [-0.3, -0.25) is 4.79 Å². The first-order chi connectivity index (χ1) is 13.7. The van der Waals surface area contributed by atoms with E-state index in [9.17, 15) is 4.79 Å². The molecule has 2 aromatic carbocycles. The number of ether oxygens (including phenoxy) is 2. The van der Waals surface area contributed by atoms with Crippen LogP contribution in [0.2, 0.25) is 0 Å². The van der Waals surface area contributed by atoms with E-state index >= 15 is 0 Å². The second-order valence-corrected chi connectivity index (χ2v) is 6.11. The number of imidazole rings is 1. The van der Waals surface area contributed by atoms with Crippen LogP contribution in [0.15, 0.2) is 60.8 Å². The van der Waals surface area contributed by atoms with Gasteiger partial charge in [0.25, 0.3) is 0 Å². The zero-order valence-corrected chi connectivity index (χ0v) is 15.9. The Morgan fingerprint density at radius 3 is 2.64 bits per heavy atom. The summed E-state index contributed by atoms with van der Waals surface area (Å²) < 4.78 is 10.5. The van der Waals surface area contributed by atoms with Crippen molar-refractivity contribution in [2.24, 2.45) is 0 Å². The van der Waals surface area contributed by atoms with E-state index < -0.39 is 0 Å². The van der Waals surface area contributed by atoms with E-state index in [2.05, 4.69) is 15.3 Å². The topological polar surface area (TPSA) is 76.2 Å². The van der Waals surface area contributed by atoms with Crippen LogP contribution in [0, 0.1) is 0 Å². The molecule has 6 heteroatoms. The number of H-pyrrole nitrogens is 1. The number of nitrogens with zero attached hydrogens (tertiary/aromatic N) is 1. The molecule has 0 unspecified atom stereocenters. The Morgan fingerprint density at radius 1 is 1.11 bits per heavy atom. The van der Waals surface area contributed by atoms with Gasteiger partial charge in [-0.15, -0.1) is 0 Å². The van der Waals surface area contributed by atoms with Crippen molar-refractivity contribution in [2.75, 3.05) is 20.8 Å². The number of hydrogen-bond donors (Lipinski definition) is 2. The lowest BCUT2D eigenvalue weighted by molar-refractivity contribution is -0.116. The maximum atomic E-state index is 12.0. The van der Waals surface area contributed by atoms with Crippen molar-refractivity contribution in [2.45, 2.75) is 6.42 Å². The number of carbonyl (C=O) groups excluding carboxylic acids is 1. The van der Waals surface area contributed by atoms with Crippen LogP contribution in [0.4, 0.5) is 0 Å². The van der Waals surface area contributed by atoms with Gasteiger partial charge in [-0.05, 0) is 23.8 Å². The molecule has 0 aliphatic heterocycles. The molecular weight excluding hydrogens is 354 g/mol.